The van der Waals surface area contributed by atoms with Gasteiger partial charge in [-0.3, -0.25) is 4.79 Å². The molecule has 102 valence electrons. The van der Waals surface area contributed by atoms with Gasteiger partial charge >= 0.3 is 0 Å². The minimum atomic E-state index is -0.195. The normalized spacial score (nSPS) is 9.85. The lowest BCUT2D eigenvalue weighted by Crippen LogP contribution is -2.27. The summed E-state index contributed by atoms with van der Waals surface area (Å²) >= 11 is 0. The van der Waals surface area contributed by atoms with Crippen LogP contribution in [0.5, 0.6) is 0 Å². The zero-order valence-electron chi connectivity index (χ0n) is 11.3. The van der Waals surface area contributed by atoms with Crippen LogP contribution in [0.2, 0.25) is 0 Å². The molecule has 1 aromatic heterocycles. The van der Waals surface area contributed by atoms with Gasteiger partial charge in [-0.15, -0.1) is 16.8 Å². The third-order valence-electron chi connectivity index (χ3n) is 2.76. The molecule has 20 heavy (non-hydrogen) atoms. The summed E-state index contributed by atoms with van der Waals surface area (Å²) in [6.07, 6.45) is 1.73. The molecule has 0 atom stereocenters. The Balaban J connectivity index is 2.11. The average molecular weight is 268 g/mol. The Labute approximate surface area is 118 Å². The summed E-state index contributed by atoms with van der Waals surface area (Å²) in [5.74, 6) is 0.419. The summed E-state index contributed by atoms with van der Waals surface area (Å²) in [7, 11) is 1.71. The van der Waals surface area contributed by atoms with E-state index < -0.39 is 0 Å². The smallest absolute Gasteiger partial charge is 0.278 e. The van der Waals surface area contributed by atoms with Crippen LogP contribution in [0.3, 0.4) is 0 Å². The van der Waals surface area contributed by atoms with Crippen molar-refractivity contribution >= 4 is 17.4 Å². The quantitative estimate of drug-likeness (QED) is 0.846. The van der Waals surface area contributed by atoms with E-state index in [0.29, 0.717) is 18.1 Å². The summed E-state index contributed by atoms with van der Waals surface area (Å²) < 4.78 is 0. The van der Waals surface area contributed by atoms with E-state index in [-0.39, 0.29) is 5.91 Å². The molecule has 0 bridgehead atoms. The van der Waals surface area contributed by atoms with Crippen LogP contribution in [0.25, 0.3) is 0 Å². The zero-order valence-corrected chi connectivity index (χ0v) is 11.3. The van der Waals surface area contributed by atoms with E-state index in [1.165, 1.54) is 0 Å². The Morgan fingerprint density at radius 3 is 2.60 bits per heavy atom. The summed E-state index contributed by atoms with van der Waals surface area (Å²) in [5, 5.41) is 10.9. The molecule has 0 aliphatic rings. The Morgan fingerprint density at radius 1 is 1.25 bits per heavy atom. The molecule has 0 spiro atoms. The number of rotatable bonds is 5. The minimum absolute atomic E-state index is 0.195. The molecule has 1 aromatic carbocycles. The number of anilines is 2. The van der Waals surface area contributed by atoms with Crippen LogP contribution in [0.4, 0.5) is 11.5 Å². The lowest BCUT2D eigenvalue weighted by Gasteiger charge is -2.16. The first kappa shape index (κ1) is 13.7. The molecule has 0 aliphatic heterocycles. The van der Waals surface area contributed by atoms with Crippen LogP contribution in [0.15, 0.2) is 55.1 Å². The number of nitrogens with zero attached hydrogens (tertiary/aromatic N) is 3. The highest BCUT2D eigenvalue weighted by molar-refractivity contribution is 6.04. The Kier molecular flexibility index (Phi) is 4.44. The Bertz CT molecular complexity index is 581. The zero-order chi connectivity index (χ0) is 14.4. The number of aromatic nitrogens is 2. The summed E-state index contributed by atoms with van der Waals surface area (Å²) in [6.45, 7) is 4.21. The fraction of sp³-hybridized carbons (Fsp3) is 0.133. The molecule has 5 heteroatoms. The molecule has 1 heterocycles. The Hall–Kier alpha value is -2.69. The van der Waals surface area contributed by atoms with E-state index in [1.54, 1.807) is 30.2 Å². The largest absolute Gasteiger partial charge is 0.365 e. The summed E-state index contributed by atoms with van der Waals surface area (Å²) in [4.78, 5) is 13.8. The van der Waals surface area contributed by atoms with Gasteiger partial charge in [0, 0.05) is 19.3 Å². The molecule has 1 N–H and O–H groups in total. The third kappa shape index (κ3) is 3.20. The van der Waals surface area contributed by atoms with Crippen molar-refractivity contribution in [3.05, 3.63) is 60.8 Å². The molecule has 0 fully saturated rings. The monoisotopic (exact) mass is 268 g/mol. The average Bonchev–Trinajstić information content (AvgIpc) is 2.53. The van der Waals surface area contributed by atoms with Gasteiger partial charge in [0.1, 0.15) is 5.82 Å². The van der Waals surface area contributed by atoms with Crippen molar-refractivity contribution in [2.75, 3.05) is 23.8 Å². The van der Waals surface area contributed by atoms with E-state index in [4.69, 9.17) is 0 Å². The van der Waals surface area contributed by atoms with Crippen LogP contribution in [0.1, 0.15) is 10.5 Å². The van der Waals surface area contributed by atoms with Crippen molar-refractivity contribution < 1.29 is 4.79 Å². The first-order valence-corrected chi connectivity index (χ1v) is 6.24. The van der Waals surface area contributed by atoms with Crippen LogP contribution in [-0.4, -0.2) is 29.7 Å². The molecule has 0 saturated heterocycles. The number of nitrogens with one attached hydrogen (secondary N) is 1. The van der Waals surface area contributed by atoms with Crippen molar-refractivity contribution in [3.8, 4) is 0 Å². The van der Waals surface area contributed by atoms with E-state index >= 15 is 0 Å². The van der Waals surface area contributed by atoms with E-state index in [9.17, 15) is 4.79 Å². The lowest BCUT2D eigenvalue weighted by atomic mass is 10.2. The Morgan fingerprint density at radius 2 is 2.00 bits per heavy atom. The SMILES string of the molecule is C=CCNc1ccc(C(=O)N(C)c2ccccc2)nn1. The van der Waals surface area contributed by atoms with Crippen LogP contribution in [0, 0.1) is 0 Å². The van der Waals surface area contributed by atoms with Gasteiger partial charge in [0.25, 0.3) is 5.91 Å². The minimum Gasteiger partial charge on any atom is -0.365 e. The van der Waals surface area contributed by atoms with Gasteiger partial charge in [0.05, 0.1) is 0 Å². The van der Waals surface area contributed by atoms with Crippen LogP contribution in [-0.2, 0) is 0 Å². The summed E-state index contributed by atoms with van der Waals surface area (Å²) in [6, 6.07) is 12.8. The fourth-order valence-electron chi connectivity index (χ4n) is 1.66. The number of hydrogen-bond donors (Lipinski definition) is 1. The summed E-state index contributed by atoms with van der Waals surface area (Å²) in [5.41, 5.74) is 1.12. The first-order chi connectivity index (χ1) is 9.72. The second kappa shape index (κ2) is 6.47. The van der Waals surface area contributed by atoms with E-state index in [0.717, 1.165) is 5.69 Å². The topological polar surface area (TPSA) is 58.1 Å². The lowest BCUT2D eigenvalue weighted by molar-refractivity contribution is 0.0987. The van der Waals surface area contributed by atoms with E-state index in [2.05, 4.69) is 22.1 Å². The van der Waals surface area contributed by atoms with Crippen molar-refractivity contribution in [2.24, 2.45) is 0 Å². The number of amides is 1. The van der Waals surface area contributed by atoms with Crippen LogP contribution >= 0.6 is 0 Å². The van der Waals surface area contributed by atoms with Crippen molar-refractivity contribution in [1.29, 1.82) is 0 Å². The number of carbonyl (C=O) groups excluding carboxylic acids is 1. The predicted octanol–water partition coefficient (Wildman–Crippen LogP) is 2.35. The number of carbonyl (C=O) groups is 1. The van der Waals surface area contributed by atoms with Gasteiger partial charge in [-0.25, -0.2) is 0 Å². The maximum absolute atomic E-state index is 12.3. The number of para-hydroxylation sites is 1. The maximum atomic E-state index is 12.3. The van der Waals surface area contributed by atoms with Crippen molar-refractivity contribution in [1.82, 2.24) is 10.2 Å². The van der Waals surface area contributed by atoms with Gasteiger partial charge in [0.2, 0.25) is 0 Å². The highest BCUT2D eigenvalue weighted by atomic mass is 16.2. The number of benzene rings is 1. The molecule has 5 nitrogen and oxygen atoms in total. The van der Waals surface area contributed by atoms with E-state index in [1.807, 2.05) is 30.3 Å². The molecule has 0 unspecified atom stereocenters. The van der Waals surface area contributed by atoms with Gasteiger partial charge in [0.15, 0.2) is 5.69 Å². The van der Waals surface area contributed by atoms with Crippen molar-refractivity contribution in [3.63, 3.8) is 0 Å². The van der Waals surface area contributed by atoms with Gasteiger partial charge < -0.3 is 10.2 Å². The number of hydrogen-bond acceptors (Lipinski definition) is 4. The van der Waals surface area contributed by atoms with Crippen molar-refractivity contribution in [2.45, 2.75) is 0 Å². The third-order valence-corrected chi connectivity index (χ3v) is 2.76. The maximum Gasteiger partial charge on any atom is 0.278 e. The molecule has 1 amide bonds. The van der Waals surface area contributed by atoms with Gasteiger partial charge in [-0.1, -0.05) is 24.3 Å². The molecule has 2 rings (SSSR count). The van der Waals surface area contributed by atoms with Crippen LogP contribution < -0.4 is 10.2 Å². The molecular weight excluding hydrogens is 252 g/mol. The first-order valence-electron chi connectivity index (χ1n) is 6.24. The fourth-order valence-corrected chi connectivity index (χ4v) is 1.66. The standard InChI is InChI=1S/C15H16N4O/c1-3-11-16-14-10-9-13(17-18-14)15(20)19(2)12-7-5-4-6-8-12/h3-10H,1,11H2,2H3,(H,16,18). The molecule has 0 saturated carbocycles. The molecule has 0 radical (unpaired) electrons. The molecule has 2 aromatic rings. The second-order valence-electron chi connectivity index (χ2n) is 4.17. The van der Waals surface area contributed by atoms with Gasteiger partial charge in [-0.2, -0.15) is 0 Å². The highest BCUT2D eigenvalue weighted by Crippen LogP contribution is 2.14. The molecular formula is C15H16N4O. The van der Waals surface area contributed by atoms with Gasteiger partial charge in [-0.05, 0) is 24.3 Å². The second-order valence-corrected chi connectivity index (χ2v) is 4.17. The predicted molar refractivity (Wildman–Crippen MR) is 79.9 cm³/mol. The highest BCUT2D eigenvalue weighted by Gasteiger charge is 2.15. The molecule has 0 aliphatic carbocycles.